The highest BCUT2D eigenvalue weighted by molar-refractivity contribution is 7.90. The molecule has 6 nitrogen and oxygen atoms in total. The van der Waals surface area contributed by atoms with Crippen LogP contribution in [-0.4, -0.2) is 44.6 Å². The Balaban J connectivity index is 2.36. The van der Waals surface area contributed by atoms with Crippen molar-refractivity contribution in [3.05, 3.63) is 12.2 Å². The highest BCUT2D eigenvalue weighted by Gasteiger charge is 2.22. The van der Waals surface area contributed by atoms with E-state index in [9.17, 15) is 18.0 Å². The standard InChI is InChI=1S/C15H24O6S/c1-11(15(17)20-12(2)10-22(3,18)19)9-14(16)21-13-7-5-4-6-8-13/h12-13H,1,4-10H2,2-3H3. The second-order valence-electron chi connectivity index (χ2n) is 5.84. The number of carbonyl (C=O) groups is 2. The van der Waals surface area contributed by atoms with Crippen molar-refractivity contribution >= 4 is 21.8 Å². The van der Waals surface area contributed by atoms with Gasteiger partial charge in [-0.25, -0.2) is 13.2 Å². The van der Waals surface area contributed by atoms with Gasteiger partial charge in [0.05, 0.1) is 12.2 Å². The van der Waals surface area contributed by atoms with E-state index in [4.69, 9.17) is 9.47 Å². The van der Waals surface area contributed by atoms with E-state index in [0.29, 0.717) is 0 Å². The van der Waals surface area contributed by atoms with Crippen LogP contribution in [0.15, 0.2) is 12.2 Å². The number of carbonyl (C=O) groups excluding carboxylic acids is 2. The summed E-state index contributed by atoms with van der Waals surface area (Å²) in [4.78, 5) is 23.5. The fourth-order valence-corrected chi connectivity index (χ4v) is 3.30. The van der Waals surface area contributed by atoms with Crippen LogP contribution in [0, 0.1) is 0 Å². The molecular weight excluding hydrogens is 308 g/mol. The molecule has 0 aliphatic heterocycles. The number of ether oxygens (including phenoxy) is 2. The maximum atomic E-state index is 11.8. The largest absolute Gasteiger partial charge is 0.462 e. The fourth-order valence-electron chi connectivity index (χ4n) is 2.38. The number of sulfone groups is 1. The SMILES string of the molecule is C=C(CC(=O)OC1CCCCC1)C(=O)OC(C)CS(C)(=O)=O. The van der Waals surface area contributed by atoms with Gasteiger partial charge in [0.25, 0.3) is 0 Å². The molecule has 22 heavy (non-hydrogen) atoms. The van der Waals surface area contributed by atoms with Gasteiger partial charge in [0.1, 0.15) is 12.2 Å². The minimum absolute atomic E-state index is 0.0267. The van der Waals surface area contributed by atoms with Gasteiger partial charge in [-0.05, 0) is 32.6 Å². The molecule has 0 amide bonds. The molecule has 0 radical (unpaired) electrons. The first-order valence-corrected chi connectivity index (χ1v) is 9.49. The van der Waals surface area contributed by atoms with Gasteiger partial charge in [0, 0.05) is 11.8 Å². The van der Waals surface area contributed by atoms with Gasteiger partial charge in [0.2, 0.25) is 0 Å². The predicted octanol–water partition coefficient (Wildman–Crippen LogP) is 1.78. The lowest BCUT2D eigenvalue weighted by atomic mass is 9.98. The molecule has 0 aromatic heterocycles. The van der Waals surface area contributed by atoms with Crippen molar-refractivity contribution < 1.29 is 27.5 Å². The van der Waals surface area contributed by atoms with Crippen LogP contribution in [0.3, 0.4) is 0 Å². The third-order valence-electron chi connectivity index (χ3n) is 3.34. The fraction of sp³-hybridized carbons (Fsp3) is 0.733. The van der Waals surface area contributed by atoms with Gasteiger partial charge >= 0.3 is 11.9 Å². The molecule has 1 fully saturated rings. The molecule has 1 unspecified atom stereocenters. The summed E-state index contributed by atoms with van der Waals surface area (Å²) in [5.41, 5.74) is -0.0267. The Hall–Kier alpha value is -1.37. The van der Waals surface area contributed by atoms with Crippen LogP contribution in [0.2, 0.25) is 0 Å². The molecule has 126 valence electrons. The molecule has 1 aliphatic rings. The molecule has 0 saturated heterocycles. The zero-order valence-corrected chi connectivity index (χ0v) is 14.0. The minimum atomic E-state index is -3.24. The first-order chi connectivity index (χ1) is 10.2. The van der Waals surface area contributed by atoms with E-state index >= 15 is 0 Å². The Morgan fingerprint density at radius 3 is 2.36 bits per heavy atom. The number of esters is 2. The second kappa shape index (κ2) is 8.31. The summed E-state index contributed by atoms with van der Waals surface area (Å²) < 4.78 is 32.5. The van der Waals surface area contributed by atoms with Gasteiger partial charge in [0.15, 0.2) is 9.84 Å². The average molecular weight is 332 g/mol. The molecule has 0 N–H and O–H groups in total. The molecule has 1 aliphatic carbocycles. The van der Waals surface area contributed by atoms with Gasteiger partial charge < -0.3 is 9.47 Å². The van der Waals surface area contributed by atoms with Crippen LogP contribution < -0.4 is 0 Å². The van der Waals surface area contributed by atoms with Crippen LogP contribution in [0.25, 0.3) is 0 Å². The number of hydrogen-bond acceptors (Lipinski definition) is 6. The van der Waals surface area contributed by atoms with E-state index in [2.05, 4.69) is 6.58 Å². The minimum Gasteiger partial charge on any atom is -0.462 e. The summed E-state index contributed by atoms with van der Waals surface area (Å²) in [6.07, 6.45) is 4.93. The van der Waals surface area contributed by atoms with E-state index < -0.39 is 27.9 Å². The second-order valence-corrected chi connectivity index (χ2v) is 8.02. The maximum Gasteiger partial charge on any atom is 0.334 e. The maximum absolute atomic E-state index is 11.8. The molecule has 0 aromatic rings. The lowest BCUT2D eigenvalue weighted by Gasteiger charge is -2.22. The lowest BCUT2D eigenvalue weighted by molar-refractivity contribution is -0.152. The third kappa shape index (κ3) is 7.59. The number of rotatable bonds is 7. The number of hydrogen-bond donors (Lipinski definition) is 0. The van der Waals surface area contributed by atoms with Crippen molar-refractivity contribution in [3.8, 4) is 0 Å². The van der Waals surface area contributed by atoms with Crippen molar-refractivity contribution in [2.75, 3.05) is 12.0 Å². The van der Waals surface area contributed by atoms with E-state index in [1.165, 1.54) is 6.92 Å². The van der Waals surface area contributed by atoms with Gasteiger partial charge in [-0.15, -0.1) is 0 Å². The van der Waals surface area contributed by atoms with Crippen molar-refractivity contribution in [2.24, 2.45) is 0 Å². The molecule has 0 heterocycles. The highest BCUT2D eigenvalue weighted by atomic mass is 32.2. The Bertz CT molecular complexity index is 516. The van der Waals surface area contributed by atoms with Crippen LogP contribution in [0.5, 0.6) is 0 Å². The first-order valence-electron chi connectivity index (χ1n) is 7.43. The van der Waals surface area contributed by atoms with Crippen molar-refractivity contribution in [1.29, 1.82) is 0 Å². The Kier molecular flexibility index (Phi) is 7.06. The zero-order chi connectivity index (χ0) is 16.8. The molecule has 1 atom stereocenters. The van der Waals surface area contributed by atoms with Crippen molar-refractivity contribution in [3.63, 3.8) is 0 Å². The first kappa shape index (κ1) is 18.7. The van der Waals surface area contributed by atoms with Crippen LogP contribution in [0.4, 0.5) is 0 Å². The Labute approximate surface area is 131 Å². The quantitative estimate of drug-likeness (QED) is 0.522. The highest BCUT2D eigenvalue weighted by Crippen LogP contribution is 2.21. The average Bonchev–Trinajstić information content (AvgIpc) is 2.37. The van der Waals surface area contributed by atoms with Crippen LogP contribution >= 0.6 is 0 Å². The van der Waals surface area contributed by atoms with Crippen LogP contribution in [0.1, 0.15) is 45.4 Å². The monoisotopic (exact) mass is 332 g/mol. The molecule has 7 heteroatoms. The molecule has 1 rings (SSSR count). The van der Waals surface area contributed by atoms with E-state index in [-0.39, 0.29) is 23.9 Å². The van der Waals surface area contributed by atoms with Crippen molar-refractivity contribution in [2.45, 2.75) is 57.7 Å². The van der Waals surface area contributed by atoms with E-state index in [0.717, 1.165) is 38.4 Å². The normalized spacial score (nSPS) is 17.5. The smallest absolute Gasteiger partial charge is 0.334 e. The summed E-state index contributed by atoms with van der Waals surface area (Å²) in [6, 6.07) is 0. The summed E-state index contributed by atoms with van der Waals surface area (Å²) in [6.45, 7) is 4.99. The van der Waals surface area contributed by atoms with Crippen LogP contribution in [-0.2, 0) is 28.9 Å². The zero-order valence-electron chi connectivity index (χ0n) is 13.2. The van der Waals surface area contributed by atoms with Gasteiger partial charge in [-0.2, -0.15) is 0 Å². The molecule has 0 bridgehead atoms. The third-order valence-corrected chi connectivity index (χ3v) is 4.42. The Morgan fingerprint density at radius 2 is 1.82 bits per heavy atom. The molecular formula is C15H24O6S. The van der Waals surface area contributed by atoms with Crippen molar-refractivity contribution in [1.82, 2.24) is 0 Å². The Morgan fingerprint density at radius 1 is 1.23 bits per heavy atom. The topological polar surface area (TPSA) is 86.7 Å². The predicted molar refractivity (Wildman–Crippen MR) is 82.0 cm³/mol. The summed E-state index contributed by atoms with van der Waals surface area (Å²) in [5, 5.41) is 0. The van der Waals surface area contributed by atoms with E-state index in [1.807, 2.05) is 0 Å². The van der Waals surface area contributed by atoms with E-state index in [1.54, 1.807) is 0 Å². The molecule has 1 saturated carbocycles. The van der Waals surface area contributed by atoms with Gasteiger partial charge in [-0.1, -0.05) is 13.0 Å². The summed E-state index contributed by atoms with van der Waals surface area (Å²) in [5.74, 6) is -1.53. The lowest BCUT2D eigenvalue weighted by Crippen LogP contribution is -2.26. The summed E-state index contributed by atoms with van der Waals surface area (Å²) in [7, 11) is -3.24. The van der Waals surface area contributed by atoms with Gasteiger partial charge in [-0.3, -0.25) is 4.79 Å². The summed E-state index contributed by atoms with van der Waals surface area (Å²) >= 11 is 0. The molecule has 0 aromatic carbocycles. The molecule has 0 spiro atoms.